The van der Waals surface area contributed by atoms with E-state index >= 15 is 0 Å². The van der Waals surface area contributed by atoms with Gasteiger partial charge < -0.3 is 13.9 Å². The second-order valence-corrected chi connectivity index (χ2v) is 5.12. The first-order valence-corrected chi connectivity index (χ1v) is 6.90. The van der Waals surface area contributed by atoms with Crippen LogP contribution in [0.25, 0.3) is 33.5 Å². The lowest BCUT2D eigenvalue weighted by molar-refractivity contribution is -0.136. The van der Waals surface area contributed by atoms with Gasteiger partial charge in [-0.2, -0.15) is 0 Å². The molecule has 0 fully saturated rings. The van der Waals surface area contributed by atoms with Crippen molar-refractivity contribution >= 4 is 28.0 Å². The van der Waals surface area contributed by atoms with E-state index in [0.717, 1.165) is 5.39 Å². The zero-order chi connectivity index (χ0) is 16.0. The highest BCUT2D eigenvalue weighted by molar-refractivity contribution is 5.93. The first-order valence-electron chi connectivity index (χ1n) is 6.90. The summed E-state index contributed by atoms with van der Waals surface area (Å²) in [7, 11) is 0. The van der Waals surface area contributed by atoms with E-state index in [2.05, 4.69) is 4.98 Å². The van der Waals surface area contributed by atoms with Gasteiger partial charge in [0.1, 0.15) is 17.4 Å². The molecule has 114 valence electrons. The molecule has 4 rings (SSSR count). The predicted molar refractivity (Wildman–Crippen MR) is 80.5 cm³/mol. The summed E-state index contributed by atoms with van der Waals surface area (Å²) in [6.07, 6.45) is 1.10. The monoisotopic (exact) mass is 311 g/mol. The fourth-order valence-corrected chi connectivity index (χ4v) is 2.56. The number of rotatable bonds is 3. The second kappa shape index (κ2) is 4.95. The minimum absolute atomic E-state index is 0.0518. The number of carbonyl (C=O) groups is 1. The molecule has 0 saturated heterocycles. The van der Waals surface area contributed by atoms with Crippen LogP contribution in [-0.2, 0) is 11.2 Å². The standard InChI is InChI=1S/C17H10FNO4/c18-15-9(7-14(20)21)5-6-12-16(15)23-17(19-12)11-8-22-13-4-2-1-3-10(11)13/h1-6,8H,7H2,(H,20,21). The van der Waals surface area contributed by atoms with Crippen molar-refractivity contribution in [2.45, 2.75) is 6.42 Å². The van der Waals surface area contributed by atoms with Crippen molar-refractivity contribution in [2.75, 3.05) is 0 Å². The Morgan fingerprint density at radius 2 is 2.04 bits per heavy atom. The maximum Gasteiger partial charge on any atom is 0.307 e. The number of benzene rings is 2. The second-order valence-electron chi connectivity index (χ2n) is 5.12. The molecule has 0 amide bonds. The summed E-state index contributed by atoms with van der Waals surface area (Å²) in [5.41, 5.74) is 1.64. The molecule has 0 saturated carbocycles. The smallest absolute Gasteiger partial charge is 0.307 e. The average molecular weight is 311 g/mol. The first-order chi connectivity index (χ1) is 11.1. The Labute approximate surface area is 129 Å². The molecule has 2 aromatic heterocycles. The quantitative estimate of drug-likeness (QED) is 0.618. The largest absolute Gasteiger partial charge is 0.481 e. The summed E-state index contributed by atoms with van der Waals surface area (Å²) in [4.78, 5) is 15.0. The van der Waals surface area contributed by atoms with Crippen molar-refractivity contribution < 1.29 is 23.1 Å². The number of carboxylic acid groups (broad SMARTS) is 1. The number of para-hydroxylation sites is 1. The van der Waals surface area contributed by atoms with Crippen molar-refractivity contribution in [3.63, 3.8) is 0 Å². The van der Waals surface area contributed by atoms with E-state index in [0.29, 0.717) is 16.7 Å². The van der Waals surface area contributed by atoms with E-state index in [9.17, 15) is 9.18 Å². The SMILES string of the molecule is O=C(O)Cc1ccc2nc(-c3coc4ccccc34)oc2c1F. The number of hydrogen-bond donors (Lipinski definition) is 1. The molecule has 0 bridgehead atoms. The summed E-state index contributed by atoms with van der Waals surface area (Å²) in [5, 5.41) is 9.62. The van der Waals surface area contributed by atoms with Gasteiger partial charge in [-0.1, -0.05) is 24.3 Å². The zero-order valence-electron chi connectivity index (χ0n) is 11.7. The molecule has 23 heavy (non-hydrogen) atoms. The third-order valence-corrected chi connectivity index (χ3v) is 3.63. The van der Waals surface area contributed by atoms with Gasteiger partial charge >= 0.3 is 5.97 Å². The number of fused-ring (bicyclic) bond motifs is 2. The fraction of sp³-hybridized carbons (Fsp3) is 0.0588. The summed E-state index contributed by atoms with van der Waals surface area (Å²) in [6.45, 7) is 0. The zero-order valence-corrected chi connectivity index (χ0v) is 11.7. The Morgan fingerprint density at radius 1 is 1.22 bits per heavy atom. The van der Waals surface area contributed by atoms with Crippen LogP contribution >= 0.6 is 0 Å². The van der Waals surface area contributed by atoms with E-state index < -0.39 is 18.2 Å². The van der Waals surface area contributed by atoms with Crippen molar-refractivity contribution in [3.05, 3.63) is 54.0 Å². The highest BCUT2D eigenvalue weighted by Gasteiger charge is 2.19. The molecule has 0 aliphatic heterocycles. The van der Waals surface area contributed by atoms with Gasteiger partial charge in [-0.05, 0) is 12.1 Å². The molecule has 6 heteroatoms. The highest BCUT2D eigenvalue weighted by atomic mass is 19.1. The van der Waals surface area contributed by atoms with E-state index in [-0.39, 0.29) is 17.0 Å². The molecule has 5 nitrogen and oxygen atoms in total. The van der Waals surface area contributed by atoms with Crippen molar-refractivity contribution in [1.29, 1.82) is 0 Å². The van der Waals surface area contributed by atoms with Crippen LogP contribution in [0.5, 0.6) is 0 Å². The van der Waals surface area contributed by atoms with Crippen LogP contribution in [-0.4, -0.2) is 16.1 Å². The lowest BCUT2D eigenvalue weighted by atomic mass is 10.1. The lowest BCUT2D eigenvalue weighted by Crippen LogP contribution is -2.02. The number of aliphatic carboxylic acids is 1. The molecular weight excluding hydrogens is 301 g/mol. The van der Waals surface area contributed by atoms with Crippen molar-refractivity contribution in [1.82, 2.24) is 4.98 Å². The van der Waals surface area contributed by atoms with Gasteiger partial charge in [0.25, 0.3) is 0 Å². The molecule has 2 aromatic carbocycles. The Balaban J connectivity index is 1.89. The third kappa shape index (κ3) is 2.15. The van der Waals surface area contributed by atoms with Gasteiger partial charge in [0, 0.05) is 10.9 Å². The van der Waals surface area contributed by atoms with Crippen LogP contribution in [0, 0.1) is 5.82 Å². The summed E-state index contributed by atoms with van der Waals surface area (Å²) in [5.74, 6) is -1.57. The number of halogens is 1. The molecule has 0 aliphatic carbocycles. The number of carboxylic acids is 1. The number of aromatic nitrogens is 1. The summed E-state index contributed by atoms with van der Waals surface area (Å²) in [6, 6.07) is 10.3. The lowest BCUT2D eigenvalue weighted by Gasteiger charge is -1.98. The minimum Gasteiger partial charge on any atom is -0.481 e. The summed E-state index contributed by atoms with van der Waals surface area (Å²) < 4.78 is 25.3. The van der Waals surface area contributed by atoms with Crippen LogP contribution < -0.4 is 0 Å². The maximum absolute atomic E-state index is 14.4. The molecule has 0 unspecified atom stereocenters. The van der Waals surface area contributed by atoms with Crippen LogP contribution in [0.15, 0.2) is 51.5 Å². The van der Waals surface area contributed by atoms with E-state index in [1.807, 2.05) is 24.3 Å². The third-order valence-electron chi connectivity index (χ3n) is 3.63. The molecule has 0 spiro atoms. The van der Waals surface area contributed by atoms with E-state index in [1.54, 1.807) is 6.07 Å². The molecule has 2 heterocycles. The van der Waals surface area contributed by atoms with E-state index in [1.165, 1.54) is 12.3 Å². The van der Waals surface area contributed by atoms with Gasteiger partial charge in [0.15, 0.2) is 11.4 Å². The fourth-order valence-electron chi connectivity index (χ4n) is 2.56. The van der Waals surface area contributed by atoms with Gasteiger partial charge in [-0.25, -0.2) is 9.37 Å². The molecule has 0 aliphatic rings. The Kier molecular flexibility index (Phi) is 2.90. The average Bonchev–Trinajstić information content (AvgIpc) is 3.13. The van der Waals surface area contributed by atoms with Gasteiger partial charge in [0.2, 0.25) is 5.89 Å². The predicted octanol–water partition coefficient (Wildman–Crippen LogP) is 4.01. The number of furan rings is 1. The number of nitrogens with zero attached hydrogens (tertiary/aromatic N) is 1. The molecule has 4 aromatic rings. The topological polar surface area (TPSA) is 76.5 Å². The van der Waals surface area contributed by atoms with E-state index in [4.69, 9.17) is 13.9 Å². The molecule has 0 radical (unpaired) electrons. The van der Waals surface area contributed by atoms with Gasteiger partial charge in [-0.15, -0.1) is 0 Å². The molecule has 1 N–H and O–H groups in total. The number of hydrogen-bond acceptors (Lipinski definition) is 4. The first kappa shape index (κ1) is 13.5. The molecule has 0 atom stereocenters. The van der Waals surface area contributed by atoms with Crippen molar-refractivity contribution in [3.8, 4) is 11.5 Å². The Morgan fingerprint density at radius 3 is 2.87 bits per heavy atom. The van der Waals surface area contributed by atoms with Crippen molar-refractivity contribution in [2.24, 2.45) is 0 Å². The number of oxazole rings is 1. The molecular formula is C17H10FNO4. The Hall–Kier alpha value is -3.15. The van der Waals surface area contributed by atoms with Crippen LogP contribution in [0.3, 0.4) is 0 Å². The highest BCUT2D eigenvalue weighted by Crippen LogP contribution is 2.33. The van der Waals surface area contributed by atoms with Crippen LogP contribution in [0.1, 0.15) is 5.56 Å². The van der Waals surface area contributed by atoms with Gasteiger partial charge in [-0.3, -0.25) is 4.79 Å². The van der Waals surface area contributed by atoms with Gasteiger partial charge in [0.05, 0.1) is 12.0 Å². The normalized spacial score (nSPS) is 11.3. The summed E-state index contributed by atoms with van der Waals surface area (Å²) >= 11 is 0. The minimum atomic E-state index is -1.11. The Bertz CT molecular complexity index is 1050. The van der Waals surface area contributed by atoms with Crippen LogP contribution in [0.4, 0.5) is 4.39 Å². The maximum atomic E-state index is 14.4. The van der Waals surface area contributed by atoms with Crippen LogP contribution in [0.2, 0.25) is 0 Å².